The Morgan fingerprint density at radius 2 is 1.86 bits per heavy atom. The van der Waals surface area contributed by atoms with Crippen LogP contribution in [0.3, 0.4) is 0 Å². The molecule has 1 atom stereocenters. The number of aromatic nitrogens is 2. The summed E-state index contributed by atoms with van der Waals surface area (Å²) >= 11 is 3.34. The maximum Gasteiger partial charge on any atom is 0.221 e. The van der Waals surface area contributed by atoms with Gasteiger partial charge in [0.2, 0.25) is 5.95 Å². The highest BCUT2D eigenvalue weighted by Gasteiger charge is 2.20. The van der Waals surface area contributed by atoms with Crippen molar-refractivity contribution in [1.29, 1.82) is 4.78 Å². The highest BCUT2D eigenvalue weighted by molar-refractivity contribution is 9.10. The molecule has 1 aromatic heterocycles. The second-order valence-electron chi connectivity index (χ2n) is 6.44. The zero-order chi connectivity index (χ0) is 21.3. The number of benzene rings is 2. The van der Waals surface area contributed by atoms with Crippen LogP contribution >= 0.6 is 15.9 Å². The molecule has 3 rings (SSSR count). The molecule has 0 spiro atoms. The van der Waals surface area contributed by atoms with E-state index in [1.807, 2.05) is 0 Å². The van der Waals surface area contributed by atoms with Gasteiger partial charge in [-0.2, -0.15) is 0 Å². The van der Waals surface area contributed by atoms with E-state index in [0.717, 1.165) is 6.07 Å². The Balaban J connectivity index is 2.21. The lowest BCUT2D eigenvalue weighted by Crippen LogP contribution is -2.05. The maximum atomic E-state index is 15.4. The zero-order valence-corrected chi connectivity index (χ0v) is 17.9. The molecule has 0 saturated heterocycles. The molecule has 29 heavy (non-hydrogen) atoms. The van der Waals surface area contributed by atoms with Gasteiger partial charge in [-0.25, -0.2) is 23.0 Å². The van der Waals surface area contributed by atoms with Crippen molar-refractivity contribution in [1.82, 2.24) is 9.97 Å². The lowest BCUT2D eigenvalue weighted by molar-refractivity contribution is 0.412. The first-order valence-corrected chi connectivity index (χ1v) is 11.2. The molecule has 0 aliphatic rings. The predicted octanol–water partition coefficient (Wildman–Crippen LogP) is 4.62. The van der Waals surface area contributed by atoms with Crippen molar-refractivity contribution in [3.05, 3.63) is 58.1 Å². The number of methoxy groups -OCH3 is 1. The van der Waals surface area contributed by atoms with Crippen molar-refractivity contribution < 1.29 is 17.7 Å². The lowest BCUT2D eigenvalue weighted by atomic mass is 10.0. The molecule has 0 radical (unpaired) electrons. The summed E-state index contributed by atoms with van der Waals surface area (Å²) in [6.07, 6.45) is 1.33. The fraction of sp³-hybridized carbons (Fsp3) is 0.158. The van der Waals surface area contributed by atoms with E-state index in [4.69, 9.17) is 15.3 Å². The molecule has 1 unspecified atom stereocenters. The third-order valence-corrected chi connectivity index (χ3v) is 5.30. The van der Waals surface area contributed by atoms with Gasteiger partial charge >= 0.3 is 0 Å². The van der Waals surface area contributed by atoms with Crippen LogP contribution in [-0.2, 0) is 15.5 Å². The van der Waals surface area contributed by atoms with E-state index < -0.39 is 21.4 Å². The van der Waals surface area contributed by atoms with Gasteiger partial charge < -0.3 is 10.5 Å². The Morgan fingerprint density at radius 3 is 2.52 bits per heavy atom. The topological polar surface area (TPSA) is 102 Å². The van der Waals surface area contributed by atoms with Crippen molar-refractivity contribution >= 4 is 31.6 Å². The monoisotopic (exact) mass is 482 g/mol. The molecule has 0 fully saturated rings. The van der Waals surface area contributed by atoms with Gasteiger partial charge in [0.15, 0.2) is 5.82 Å². The SMILES string of the molecule is COc1cc(F)ccc1-c1nc(N)nc(-c2cc(Br)cc(CS(C)(=N)=O)c2)c1F. The summed E-state index contributed by atoms with van der Waals surface area (Å²) in [6, 6.07) is 8.56. The normalized spacial score (nSPS) is 13.1. The van der Waals surface area contributed by atoms with Gasteiger partial charge in [-0.15, -0.1) is 0 Å². The minimum absolute atomic E-state index is 0.000265. The first-order valence-electron chi connectivity index (χ1n) is 8.25. The van der Waals surface area contributed by atoms with E-state index in [0.29, 0.717) is 15.6 Å². The third-order valence-electron chi connectivity index (χ3n) is 3.96. The number of nitrogen functional groups attached to an aromatic ring is 1. The van der Waals surface area contributed by atoms with E-state index >= 15 is 4.39 Å². The van der Waals surface area contributed by atoms with Crippen LogP contribution in [-0.4, -0.2) is 27.5 Å². The number of ether oxygens (including phenoxy) is 1. The summed E-state index contributed by atoms with van der Waals surface area (Å²) in [5.74, 6) is -1.38. The maximum absolute atomic E-state index is 15.4. The van der Waals surface area contributed by atoms with E-state index in [2.05, 4.69) is 25.9 Å². The Kier molecular flexibility index (Phi) is 5.85. The van der Waals surface area contributed by atoms with Crippen molar-refractivity contribution in [2.75, 3.05) is 19.1 Å². The van der Waals surface area contributed by atoms with Gasteiger partial charge in [-0.3, -0.25) is 4.78 Å². The summed E-state index contributed by atoms with van der Waals surface area (Å²) in [5.41, 5.74) is 6.77. The largest absolute Gasteiger partial charge is 0.496 e. The molecule has 1 heterocycles. The smallest absolute Gasteiger partial charge is 0.221 e. The fourth-order valence-electron chi connectivity index (χ4n) is 2.88. The Bertz CT molecular complexity index is 1200. The lowest BCUT2D eigenvalue weighted by Gasteiger charge is -2.13. The van der Waals surface area contributed by atoms with E-state index in [9.17, 15) is 8.60 Å². The predicted molar refractivity (Wildman–Crippen MR) is 112 cm³/mol. The molecule has 0 bridgehead atoms. The van der Waals surface area contributed by atoms with Crippen LogP contribution < -0.4 is 10.5 Å². The number of anilines is 1. The summed E-state index contributed by atoms with van der Waals surface area (Å²) < 4.78 is 54.2. The average molecular weight is 483 g/mol. The second kappa shape index (κ2) is 8.03. The molecule has 0 aliphatic heterocycles. The highest BCUT2D eigenvalue weighted by atomic mass is 79.9. The van der Waals surface area contributed by atoms with Crippen molar-refractivity contribution in [2.45, 2.75) is 5.75 Å². The summed E-state index contributed by atoms with van der Waals surface area (Å²) in [4.78, 5) is 7.99. The van der Waals surface area contributed by atoms with Crippen LogP contribution in [0.5, 0.6) is 5.75 Å². The molecule has 2 aromatic carbocycles. The number of hydrogen-bond donors (Lipinski definition) is 2. The number of rotatable bonds is 5. The molecular weight excluding hydrogens is 466 g/mol. The van der Waals surface area contributed by atoms with E-state index in [-0.39, 0.29) is 34.4 Å². The third kappa shape index (κ3) is 4.88. The molecule has 152 valence electrons. The van der Waals surface area contributed by atoms with E-state index in [1.165, 1.54) is 25.5 Å². The molecule has 10 heteroatoms. The van der Waals surface area contributed by atoms with Crippen LogP contribution in [0.1, 0.15) is 5.56 Å². The van der Waals surface area contributed by atoms with Crippen LogP contribution in [0.15, 0.2) is 40.9 Å². The molecule has 6 nitrogen and oxygen atoms in total. The van der Waals surface area contributed by atoms with Crippen LogP contribution in [0, 0.1) is 16.4 Å². The van der Waals surface area contributed by atoms with Crippen LogP contribution in [0.2, 0.25) is 0 Å². The van der Waals surface area contributed by atoms with E-state index in [1.54, 1.807) is 18.2 Å². The molecule has 3 aromatic rings. The van der Waals surface area contributed by atoms with Crippen LogP contribution in [0.25, 0.3) is 22.5 Å². The molecular formula is C19H17BrF2N4O2S. The quantitative estimate of drug-likeness (QED) is 0.552. The highest BCUT2D eigenvalue weighted by Crippen LogP contribution is 2.35. The van der Waals surface area contributed by atoms with Gasteiger partial charge in [-0.1, -0.05) is 15.9 Å². The van der Waals surface area contributed by atoms with Gasteiger partial charge in [0.1, 0.15) is 23.0 Å². The number of halogens is 3. The number of nitrogens with two attached hydrogens (primary N) is 1. The number of nitrogens with one attached hydrogen (secondary N) is 1. The standard InChI is InChI=1S/C19H17BrF2N4O2S/c1-28-15-8-13(21)3-4-14(15)18-16(22)17(25-19(23)26-18)11-5-10(6-12(20)7-11)9-29(2,24)27/h3-8,24H,9H2,1-2H3,(H2,23,25,26). The molecule has 0 aliphatic carbocycles. The van der Waals surface area contributed by atoms with Crippen molar-refractivity contribution in [3.63, 3.8) is 0 Å². The summed E-state index contributed by atoms with van der Waals surface area (Å²) in [6.45, 7) is 0. The number of hydrogen-bond acceptors (Lipinski definition) is 6. The van der Waals surface area contributed by atoms with Crippen molar-refractivity contribution in [2.24, 2.45) is 0 Å². The molecule has 3 N–H and O–H groups in total. The van der Waals surface area contributed by atoms with Gasteiger partial charge in [0.05, 0.1) is 12.9 Å². The van der Waals surface area contributed by atoms with Crippen LogP contribution in [0.4, 0.5) is 14.7 Å². The zero-order valence-electron chi connectivity index (χ0n) is 15.5. The minimum Gasteiger partial charge on any atom is -0.496 e. The van der Waals surface area contributed by atoms with Gasteiger partial charge in [0.25, 0.3) is 0 Å². The Morgan fingerprint density at radius 1 is 1.17 bits per heavy atom. The Labute approximate surface area is 175 Å². The molecule has 0 amide bonds. The Hall–Kier alpha value is -2.59. The molecule has 0 saturated carbocycles. The first-order chi connectivity index (χ1) is 13.6. The number of nitrogens with zero attached hydrogens (tertiary/aromatic N) is 2. The average Bonchev–Trinajstić information content (AvgIpc) is 2.61. The van der Waals surface area contributed by atoms with Crippen molar-refractivity contribution in [3.8, 4) is 28.3 Å². The van der Waals surface area contributed by atoms with Gasteiger partial charge in [0, 0.05) is 37.7 Å². The summed E-state index contributed by atoms with van der Waals surface area (Å²) in [5, 5.41) is 0. The first kappa shape index (κ1) is 21.1. The second-order valence-corrected chi connectivity index (χ2v) is 9.65. The fourth-order valence-corrected chi connectivity index (χ4v) is 4.23. The minimum atomic E-state index is -2.80. The summed E-state index contributed by atoms with van der Waals surface area (Å²) in [7, 11) is -1.46. The van der Waals surface area contributed by atoms with Gasteiger partial charge in [-0.05, 0) is 35.9 Å².